The Hall–Kier alpha value is -1.90. The van der Waals surface area contributed by atoms with Gasteiger partial charge in [-0.05, 0) is 23.8 Å². The Morgan fingerprint density at radius 2 is 1.64 bits per heavy atom. The number of hydrogen-bond donors (Lipinski definition) is 1. The maximum atomic E-state index is 10.4. The van der Waals surface area contributed by atoms with Crippen LogP contribution in [0.4, 0.5) is 0 Å². The molecule has 0 bridgehead atoms. The van der Waals surface area contributed by atoms with E-state index in [-0.39, 0.29) is 0 Å². The predicted molar refractivity (Wildman–Crippen MR) is 99.3 cm³/mol. The second-order valence-electron chi connectivity index (χ2n) is 6.42. The second-order valence-corrected chi connectivity index (χ2v) is 6.83. The van der Waals surface area contributed by atoms with E-state index in [9.17, 15) is 5.11 Å². The summed E-state index contributed by atoms with van der Waals surface area (Å²) in [5.74, 6) is 0. The summed E-state index contributed by atoms with van der Waals surface area (Å²) >= 11 is 6.16. The van der Waals surface area contributed by atoms with E-state index in [1.807, 2.05) is 48.5 Å². The van der Waals surface area contributed by atoms with E-state index in [1.54, 1.807) is 0 Å². The van der Waals surface area contributed by atoms with Crippen molar-refractivity contribution in [2.45, 2.75) is 12.6 Å². The molecule has 0 spiro atoms. The van der Waals surface area contributed by atoms with Crippen LogP contribution in [-0.2, 0) is 6.54 Å². The average Bonchev–Trinajstić information content (AvgIpc) is 2.64. The van der Waals surface area contributed by atoms with Crippen molar-refractivity contribution in [2.24, 2.45) is 0 Å². The van der Waals surface area contributed by atoms with Crippen LogP contribution in [0.5, 0.6) is 0 Å². The summed E-state index contributed by atoms with van der Waals surface area (Å²) in [6.45, 7) is 5.29. The van der Waals surface area contributed by atoms with Crippen molar-refractivity contribution in [1.82, 2.24) is 9.80 Å². The van der Waals surface area contributed by atoms with Crippen LogP contribution in [0.1, 0.15) is 22.8 Å². The number of nitrogens with zero attached hydrogens (tertiary/aromatic N) is 3. The molecule has 1 N–H and O–H groups in total. The van der Waals surface area contributed by atoms with Crippen molar-refractivity contribution in [3.63, 3.8) is 0 Å². The largest absolute Gasteiger partial charge is 0.387 e. The number of aliphatic hydroxyl groups is 1. The highest BCUT2D eigenvalue weighted by molar-refractivity contribution is 6.31. The molecule has 5 heteroatoms. The molecular weight excluding hydrogens is 334 g/mol. The Bertz CT molecular complexity index is 733. The highest BCUT2D eigenvalue weighted by atomic mass is 35.5. The van der Waals surface area contributed by atoms with Crippen molar-refractivity contribution in [2.75, 3.05) is 32.7 Å². The van der Waals surface area contributed by atoms with Crippen LogP contribution < -0.4 is 0 Å². The maximum absolute atomic E-state index is 10.4. The first-order valence-corrected chi connectivity index (χ1v) is 8.90. The molecule has 0 radical (unpaired) electrons. The monoisotopic (exact) mass is 355 g/mol. The minimum Gasteiger partial charge on any atom is -0.387 e. The molecule has 1 aliphatic heterocycles. The van der Waals surface area contributed by atoms with Crippen molar-refractivity contribution in [3.8, 4) is 6.07 Å². The summed E-state index contributed by atoms with van der Waals surface area (Å²) in [5.41, 5.74) is 2.72. The Morgan fingerprint density at radius 1 is 1.00 bits per heavy atom. The van der Waals surface area contributed by atoms with Gasteiger partial charge in [-0.1, -0.05) is 41.9 Å². The molecule has 0 saturated carbocycles. The zero-order chi connectivity index (χ0) is 17.6. The summed E-state index contributed by atoms with van der Waals surface area (Å²) in [5, 5.41) is 19.9. The van der Waals surface area contributed by atoms with Crippen LogP contribution in [-0.4, -0.2) is 47.6 Å². The normalized spacial score (nSPS) is 17.2. The number of β-amino-alcohol motifs (C(OH)–C–C–N with tert-alkyl or cyclic N) is 1. The number of aliphatic hydroxyl groups excluding tert-OH is 1. The standard InChI is InChI=1S/C20H22ClN3O/c21-19-4-2-1-3-18(19)20(25)15-24-11-9-23(10-12-24)14-17-7-5-16(13-22)6-8-17/h1-8,20,25H,9-12,14-15H2. The zero-order valence-corrected chi connectivity index (χ0v) is 14.9. The molecular formula is C20H22ClN3O. The van der Waals surface area contributed by atoms with E-state index in [1.165, 1.54) is 5.56 Å². The number of benzene rings is 2. The Labute approximate surface area is 153 Å². The van der Waals surface area contributed by atoms with Crippen LogP contribution in [0.15, 0.2) is 48.5 Å². The van der Waals surface area contributed by atoms with Crippen molar-refractivity contribution in [3.05, 3.63) is 70.2 Å². The number of nitriles is 1. The topological polar surface area (TPSA) is 50.5 Å². The van der Waals surface area contributed by atoms with Crippen LogP contribution in [0.3, 0.4) is 0 Å². The summed E-state index contributed by atoms with van der Waals surface area (Å²) < 4.78 is 0. The van der Waals surface area contributed by atoms with E-state index in [2.05, 4.69) is 15.9 Å². The molecule has 2 aromatic rings. The molecule has 1 atom stereocenters. The van der Waals surface area contributed by atoms with Gasteiger partial charge in [-0.15, -0.1) is 0 Å². The Morgan fingerprint density at radius 3 is 2.28 bits per heavy atom. The Balaban J connectivity index is 1.48. The highest BCUT2D eigenvalue weighted by Crippen LogP contribution is 2.23. The van der Waals surface area contributed by atoms with E-state index in [0.717, 1.165) is 38.3 Å². The molecule has 25 heavy (non-hydrogen) atoms. The third-order valence-electron chi connectivity index (χ3n) is 4.65. The summed E-state index contributed by atoms with van der Waals surface area (Å²) in [7, 11) is 0. The molecule has 1 heterocycles. The molecule has 1 aliphatic rings. The summed E-state index contributed by atoms with van der Waals surface area (Å²) in [6.07, 6.45) is -0.557. The molecule has 4 nitrogen and oxygen atoms in total. The van der Waals surface area contributed by atoms with Gasteiger partial charge >= 0.3 is 0 Å². The van der Waals surface area contributed by atoms with Crippen LogP contribution >= 0.6 is 11.6 Å². The highest BCUT2D eigenvalue weighted by Gasteiger charge is 2.21. The van der Waals surface area contributed by atoms with Gasteiger partial charge in [0.15, 0.2) is 0 Å². The number of hydrogen-bond acceptors (Lipinski definition) is 4. The Kier molecular flexibility index (Phi) is 6.06. The van der Waals surface area contributed by atoms with E-state index in [4.69, 9.17) is 16.9 Å². The van der Waals surface area contributed by atoms with Gasteiger partial charge in [0.25, 0.3) is 0 Å². The predicted octanol–water partition coefficient (Wildman–Crippen LogP) is 3.06. The molecule has 2 aromatic carbocycles. The third kappa shape index (κ3) is 4.81. The lowest BCUT2D eigenvalue weighted by molar-refractivity contribution is 0.0701. The minimum atomic E-state index is -0.557. The summed E-state index contributed by atoms with van der Waals surface area (Å²) in [4.78, 5) is 4.68. The van der Waals surface area contributed by atoms with Gasteiger partial charge in [0.05, 0.1) is 17.7 Å². The van der Waals surface area contributed by atoms with Crippen molar-refractivity contribution < 1.29 is 5.11 Å². The molecule has 3 rings (SSSR count). The van der Waals surface area contributed by atoms with Gasteiger partial charge in [0.1, 0.15) is 0 Å². The zero-order valence-electron chi connectivity index (χ0n) is 14.1. The van der Waals surface area contributed by atoms with Crippen LogP contribution in [0.25, 0.3) is 0 Å². The second kappa shape index (κ2) is 8.46. The lowest BCUT2D eigenvalue weighted by atomic mass is 10.1. The van der Waals surface area contributed by atoms with Gasteiger partial charge in [-0.3, -0.25) is 9.80 Å². The third-order valence-corrected chi connectivity index (χ3v) is 4.99. The van der Waals surface area contributed by atoms with Crippen molar-refractivity contribution in [1.29, 1.82) is 5.26 Å². The number of piperazine rings is 1. The smallest absolute Gasteiger partial charge is 0.0991 e. The van der Waals surface area contributed by atoms with Gasteiger partial charge in [0.2, 0.25) is 0 Å². The molecule has 0 aliphatic carbocycles. The van der Waals surface area contributed by atoms with Crippen LogP contribution in [0.2, 0.25) is 5.02 Å². The first kappa shape index (κ1) is 17.9. The molecule has 1 unspecified atom stereocenters. The SMILES string of the molecule is N#Cc1ccc(CN2CCN(CC(O)c3ccccc3Cl)CC2)cc1. The van der Waals surface area contributed by atoms with Crippen LogP contribution in [0, 0.1) is 11.3 Å². The molecule has 1 saturated heterocycles. The molecule has 1 fully saturated rings. The molecule has 130 valence electrons. The maximum Gasteiger partial charge on any atom is 0.0991 e. The summed E-state index contributed by atoms with van der Waals surface area (Å²) in [6, 6.07) is 17.4. The van der Waals surface area contributed by atoms with E-state index >= 15 is 0 Å². The fourth-order valence-electron chi connectivity index (χ4n) is 3.16. The van der Waals surface area contributed by atoms with E-state index < -0.39 is 6.10 Å². The first-order chi connectivity index (χ1) is 12.2. The van der Waals surface area contributed by atoms with Gasteiger partial charge in [-0.2, -0.15) is 5.26 Å². The fraction of sp³-hybridized carbons (Fsp3) is 0.350. The van der Waals surface area contributed by atoms with Gasteiger partial charge < -0.3 is 5.11 Å². The fourth-order valence-corrected chi connectivity index (χ4v) is 3.42. The number of rotatable bonds is 5. The van der Waals surface area contributed by atoms with Gasteiger partial charge in [0, 0.05) is 49.9 Å². The first-order valence-electron chi connectivity index (χ1n) is 8.52. The minimum absolute atomic E-state index is 0.557. The molecule has 0 amide bonds. The average molecular weight is 356 g/mol. The molecule has 0 aromatic heterocycles. The lowest BCUT2D eigenvalue weighted by Crippen LogP contribution is -2.47. The number of halogens is 1. The van der Waals surface area contributed by atoms with Crippen molar-refractivity contribution >= 4 is 11.6 Å². The van der Waals surface area contributed by atoms with E-state index in [0.29, 0.717) is 17.1 Å². The quantitative estimate of drug-likeness (QED) is 0.895. The lowest BCUT2D eigenvalue weighted by Gasteiger charge is -2.35. The van der Waals surface area contributed by atoms with Gasteiger partial charge in [-0.25, -0.2) is 0 Å².